The van der Waals surface area contributed by atoms with Crippen LogP contribution in [0.1, 0.15) is 16.7 Å². The normalized spacial score (nSPS) is 12.9. The zero-order valence-electron chi connectivity index (χ0n) is 14.4. The Bertz CT molecular complexity index is 851. The van der Waals surface area contributed by atoms with Gasteiger partial charge in [0.05, 0.1) is 6.61 Å². The highest BCUT2D eigenvalue weighted by Gasteiger charge is 2.17. The van der Waals surface area contributed by atoms with E-state index in [4.69, 9.17) is 25.8 Å². The molecule has 0 radical (unpaired) electrons. The quantitative estimate of drug-likeness (QED) is 0.609. The van der Waals surface area contributed by atoms with Crippen LogP contribution in [0.3, 0.4) is 0 Å². The highest BCUT2D eigenvalue weighted by Crippen LogP contribution is 2.32. The second kappa shape index (κ2) is 9.21. The highest BCUT2D eigenvalue weighted by molar-refractivity contribution is 6.30. The zero-order valence-corrected chi connectivity index (χ0v) is 15.2. The van der Waals surface area contributed by atoms with E-state index in [1.54, 1.807) is 18.2 Å². The minimum atomic E-state index is -0.558. The van der Waals surface area contributed by atoms with E-state index in [-0.39, 0.29) is 25.9 Å². The first-order chi connectivity index (χ1) is 13.1. The number of hydrogen-bond acceptors (Lipinski definition) is 5. The van der Waals surface area contributed by atoms with E-state index in [2.05, 4.69) is 5.32 Å². The minimum absolute atomic E-state index is 0.00253. The standard InChI is InChI=1S/C20H18ClNO5/c21-17-8-15-11-25-13-27-20(15)16(9-17)12-26-19(24)10-22-18(23)7-6-14-4-2-1-3-5-14/h1-9H,10-13H2,(H,22,23)/b7-6+. The number of halogens is 1. The highest BCUT2D eigenvalue weighted by atomic mass is 35.5. The van der Waals surface area contributed by atoms with Gasteiger partial charge in [-0.05, 0) is 23.8 Å². The zero-order chi connectivity index (χ0) is 19.1. The number of ether oxygens (including phenoxy) is 3. The fraction of sp³-hybridized carbons (Fsp3) is 0.200. The fourth-order valence-electron chi connectivity index (χ4n) is 2.53. The summed E-state index contributed by atoms with van der Waals surface area (Å²) >= 11 is 6.07. The Morgan fingerprint density at radius 2 is 2.04 bits per heavy atom. The number of esters is 1. The van der Waals surface area contributed by atoms with Gasteiger partial charge in [-0.3, -0.25) is 9.59 Å². The molecule has 0 saturated heterocycles. The molecule has 7 heteroatoms. The SMILES string of the molecule is O=C(/C=C/c1ccccc1)NCC(=O)OCc1cc(Cl)cc2c1OCOC2. The maximum Gasteiger partial charge on any atom is 0.325 e. The van der Waals surface area contributed by atoms with Gasteiger partial charge >= 0.3 is 5.97 Å². The molecule has 1 heterocycles. The molecule has 2 aromatic rings. The lowest BCUT2D eigenvalue weighted by Gasteiger charge is -2.21. The van der Waals surface area contributed by atoms with Crippen molar-refractivity contribution in [3.05, 3.63) is 70.3 Å². The number of hydrogen-bond donors (Lipinski definition) is 1. The average Bonchev–Trinajstić information content (AvgIpc) is 2.69. The first-order valence-corrected chi connectivity index (χ1v) is 8.68. The van der Waals surface area contributed by atoms with E-state index in [0.29, 0.717) is 22.9 Å². The molecule has 0 bridgehead atoms. The van der Waals surface area contributed by atoms with Gasteiger partial charge in [-0.1, -0.05) is 41.9 Å². The van der Waals surface area contributed by atoms with Crippen LogP contribution < -0.4 is 10.1 Å². The molecular weight excluding hydrogens is 370 g/mol. The average molecular weight is 388 g/mol. The lowest BCUT2D eigenvalue weighted by atomic mass is 10.1. The van der Waals surface area contributed by atoms with Gasteiger partial charge < -0.3 is 19.5 Å². The van der Waals surface area contributed by atoms with Gasteiger partial charge in [-0.15, -0.1) is 0 Å². The summed E-state index contributed by atoms with van der Waals surface area (Å²) in [5.41, 5.74) is 2.36. The van der Waals surface area contributed by atoms with Crippen molar-refractivity contribution in [3.8, 4) is 5.75 Å². The first-order valence-electron chi connectivity index (χ1n) is 8.30. The van der Waals surface area contributed by atoms with Crippen LogP contribution in [0.15, 0.2) is 48.5 Å². The summed E-state index contributed by atoms with van der Waals surface area (Å²) < 4.78 is 15.9. The molecule has 6 nitrogen and oxygen atoms in total. The Labute approximate surface area is 161 Å². The summed E-state index contributed by atoms with van der Waals surface area (Å²) in [5.74, 6) is -0.318. The summed E-state index contributed by atoms with van der Waals surface area (Å²) in [4.78, 5) is 23.7. The number of nitrogens with one attached hydrogen (secondary N) is 1. The molecule has 140 valence electrons. The number of benzene rings is 2. The van der Waals surface area contributed by atoms with E-state index in [0.717, 1.165) is 11.1 Å². The van der Waals surface area contributed by atoms with Gasteiger partial charge in [0, 0.05) is 22.2 Å². The van der Waals surface area contributed by atoms with Crippen molar-refractivity contribution in [3.63, 3.8) is 0 Å². The van der Waals surface area contributed by atoms with Crippen LogP contribution in [0.2, 0.25) is 5.02 Å². The molecule has 0 atom stereocenters. The van der Waals surface area contributed by atoms with Gasteiger partial charge in [0.25, 0.3) is 0 Å². The van der Waals surface area contributed by atoms with Crippen molar-refractivity contribution in [1.82, 2.24) is 5.32 Å². The predicted octanol–water partition coefficient (Wildman–Crippen LogP) is 3.08. The van der Waals surface area contributed by atoms with E-state index >= 15 is 0 Å². The first kappa shape index (κ1) is 18.9. The third-order valence-electron chi connectivity index (χ3n) is 3.77. The Kier molecular flexibility index (Phi) is 6.46. The molecule has 2 aromatic carbocycles. The molecule has 1 aliphatic rings. The second-order valence-electron chi connectivity index (χ2n) is 5.79. The van der Waals surface area contributed by atoms with Gasteiger partial charge in [0.15, 0.2) is 6.79 Å². The Morgan fingerprint density at radius 1 is 1.22 bits per heavy atom. The summed E-state index contributed by atoms with van der Waals surface area (Å²) in [6, 6.07) is 12.8. The molecule has 0 aromatic heterocycles. The Balaban J connectivity index is 1.48. The third-order valence-corrected chi connectivity index (χ3v) is 3.99. The smallest absolute Gasteiger partial charge is 0.325 e. The fourth-order valence-corrected chi connectivity index (χ4v) is 2.79. The second-order valence-corrected chi connectivity index (χ2v) is 6.22. The number of amides is 1. The van der Waals surface area contributed by atoms with Gasteiger partial charge in [0.1, 0.15) is 18.9 Å². The lowest BCUT2D eigenvalue weighted by Crippen LogP contribution is -2.29. The van der Waals surface area contributed by atoms with Crippen LogP contribution in [-0.4, -0.2) is 25.2 Å². The van der Waals surface area contributed by atoms with Crippen LogP contribution >= 0.6 is 11.6 Å². The lowest BCUT2D eigenvalue weighted by molar-refractivity contribution is -0.144. The topological polar surface area (TPSA) is 73.9 Å². The minimum Gasteiger partial charge on any atom is -0.467 e. The van der Waals surface area contributed by atoms with Crippen LogP contribution in [0.25, 0.3) is 6.08 Å². The van der Waals surface area contributed by atoms with E-state index in [1.165, 1.54) is 6.08 Å². The Morgan fingerprint density at radius 3 is 2.85 bits per heavy atom. The molecule has 0 spiro atoms. The van der Waals surface area contributed by atoms with Gasteiger partial charge in [-0.25, -0.2) is 0 Å². The molecule has 0 fully saturated rings. The molecule has 3 rings (SSSR count). The molecule has 1 amide bonds. The summed E-state index contributed by atoms with van der Waals surface area (Å²) in [6.07, 6.45) is 3.03. The molecular formula is C20H18ClNO5. The van der Waals surface area contributed by atoms with Gasteiger partial charge in [0.2, 0.25) is 5.91 Å². The maximum atomic E-state index is 11.9. The van der Waals surface area contributed by atoms with Crippen LogP contribution in [-0.2, 0) is 32.3 Å². The number of carbonyl (C=O) groups is 2. The molecule has 0 aliphatic carbocycles. The number of fused-ring (bicyclic) bond motifs is 1. The van der Waals surface area contributed by atoms with Crippen molar-refractivity contribution < 1.29 is 23.8 Å². The largest absolute Gasteiger partial charge is 0.467 e. The van der Waals surface area contributed by atoms with Crippen LogP contribution in [0.4, 0.5) is 0 Å². The van der Waals surface area contributed by atoms with E-state index in [1.807, 2.05) is 30.3 Å². The third kappa shape index (κ3) is 5.57. The maximum absolute atomic E-state index is 11.9. The summed E-state index contributed by atoms with van der Waals surface area (Å²) in [5, 5.41) is 2.99. The molecule has 0 unspecified atom stereocenters. The van der Waals surface area contributed by atoms with E-state index < -0.39 is 5.97 Å². The summed E-state index contributed by atoms with van der Waals surface area (Å²) in [7, 11) is 0. The predicted molar refractivity (Wildman–Crippen MR) is 100 cm³/mol. The van der Waals surface area contributed by atoms with Crippen molar-refractivity contribution in [2.75, 3.05) is 13.3 Å². The van der Waals surface area contributed by atoms with Crippen molar-refractivity contribution in [2.24, 2.45) is 0 Å². The monoisotopic (exact) mass is 387 g/mol. The Hall–Kier alpha value is -2.83. The number of rotatable bonds is 6. The molecule has 1 N–H and O–H groups in total. The summed E-state index contributed by atoms with van der Waals surface area (Å²) in [6.45, 7) is 0.294. The van der Waals surface area contributed by atoms with E-state index in [9.17, 15) is 9.59 Å². The molecule has 1 aliphatic heterocycles. The van der Waals surface area contributed by atoms with Crippen molar-refractivity contribution >= 4 is 29.6 Å². The van der Waals surface area contributed by atoms with Crippen LogP contribution in [0.5, 0.6) is 5.75 Å². The molecule has 27 heavy (non-hydrogen) atoms. The number of carbonyl (C=O) groups excluding carboxylic acids is 2. The molecule has 0 saturated carbocycles. The van der Waals surface area contributed by atoms with Crippen molar-refractivity contribution in [1.29, 1.82) is 0 Å². The van der Waals surface area contributed by atoms with Crippen LogP contribution in [0, 0.1) is 0 Å². The van der Waals surface area contributed by atoms with Crippen molar-refractivity contribution in [2.45, 2.75) is 13.2 Å². The van der Waals surface area contributed by atoms with Gasteiger partial charge in [-0.2, -0.15) is 0 Å².